The number of hydrogen-bond acceptors (Lipinski definition) is 4. The van der Waals surface area contributed by atoms with E-state index in [-0.39, 0.29) is 37.9 Å². The van der Waals surface area contributed by atoms with Gasteiger partial charge in [-0.2, -0.15) is 0 Å². The van der Waals surface area contributed by atoms with Gasteiger partial charge in [-0.3, -0.25) is 9.59 Å². The topological polar surface area (TPSA) is 66.9 Å². The van der Waals surface area contributed by atoms with Gasteiger partial charge in [0.2, 0.25) is 5.91 Å². The molecule has 164 valence electrons. The van der Waals surface area contributed by atoms with Crippen LogP contribution < -0.4 is 0 Å². The second-order valence-corrected chi connectivity index (χ2v) is 7.42. The van der Waals surface area contributed by atoms with Gasteiger partial charge >= 0.3 is 6.09 Å². The van der Waals surface area contributed by atoms with E-state index in [1.165, 1.54) is 16.8 Å². The summed E-state index contributed by atoms with van der Waals surface area (Å²) in [5.74, 6) is -0.499. The summed E-state index contributed by atoms with van der Waals surface area (Å²) in [5.41, 5.74) is 2.30. The number of rotatable bonds is 9. The third-order valence-corrected chi connectivity index (χ3v) is 4.89. The Labute approximate surface area is 188 Å². The van der Waals surface area contributed by atoms with Crippen LogP contribution in [0.3, 0.4) is 0 Å². The van der Waals surface area contributed by atoms with Crippen molar-refractivity contribution in [3.8, 4) is 0 Å². The normalized spacial score (nSPS) is 10.3. The number of ether oxygens (including phenoxy) is 1. The monoisotopic (exact) mass is 430 g/mol. The molecule has 32 heavy (non-hydrogen) atoms. The quantitative estimate of drug-likeness (QED) is 0.478. The number of likely N-dealkylation sites (N-methyl/N-ethyl adjacent to an activating group) is 1. The molecule has 0 heterocycles. The highest BCUT2D eigenvalue weighted by molar-refractivity contribution is 5.99. The van der Waals surface area contributed by atoms with Crippen LogP contribution in [0.25, 0.3) is 0 Å². The highest BCUT2D eigenvalue weighted by Crippen LogP contribution is 2.09. The number of carbonyl (C=O) groups excluding carboxylic acids is 3. The zero-order valence-electron chi connectivity index (χ0n) is 18.0. The molecule has 0 unspecified atom stereocenters. The van der Waals surface area contributed by atoms with Gasteiger partial charge in [0.15, 0.2) is 5.78 Å². The van der Waals surface area contributed by atoms with Gasteiger partial charge in [0.1, 0.15) is 13.2 Å². The molecule has 6 nitrogen and oxygen atoms in total. The maximum absolute atomic E-state index is 13.0. The Bertz CT molecular complexity index is 1020. The van der Waals surface area contributed by atoms with E-state index in [4.69, 9.17) is 4.74 Å². The molecule has 3 aromatic carbocycles. The Kier molecular flexibility index (Phi) is 8.15. The zero-order chi connectivity index (χ0) is 22.8. The Hall–Kier alpha value is -3.93. The van der Waals surface area contributed by atoms with Crippen molar-refractivity contribution in [2.75, 3.05) is 20.1 Å². The zero-order valence-corrected chi connectivity index (χ0v) is 18.0. The van der Waals surface area contributed by atoms with Crippen molar-refractivity contribution in [1.82, 2.24) is 9.80 Å². The molecule has 0 radical (unpaired) electrons. The van der Waals surface area contributed by atoms with Crippen LogP contribution >= 0.6 is 0 Å². The molecule has 0 saturated heterocycles. The third-order valence-electron chi connectivity index (χ3n) is 4.89. The molecule has 0 spiro atoms. The van der Waals surface area contributed by atoms with Crippen molar-refractivity contribution in [1.29, 1.82) is 0 Å². The molecular formula is C26H26N2O4. The summed E-state index contributed by atoms with van der Waals surface area (Å²) in [6.07, 6.45) is -0.601. The van der Waals surface area contributed by atoms with Crippen molar-refractivity contribution in [3.63, 3.8) is 0 Å². The summed E-state index contributed by atoms with van der Waals surface area (Å²) in [6.45, 7) is 0.122. The number of benzene rings is 3. The van der Waals surface area contributed by atoms with Crippen molar-refractivity contribution in [3.05, 3.63) is 108 Å². The van der Waals surface area contributed by atoms with Crippen molar-refractivity contribution in [2.24, 2.45) is 0 Å². The van der Waals surface area contributed by atoms with Gasteiger partial charge in [-0.05, 0) is 11.1 Å². The van der Waals surface area contributed by atoms with E-state index in [9.17, 15) is 14.4 Å². The lowest BCUT2D eigenvalue weighted by Gasteiger charge is -2.25. The van der Waals surface area contributed by atoms with E-state index < -0.39 is 6.09 Å². The average molecular weight is 431 g/mol. The molecule has 6 heteroatoms. The molecule has 0 bridgehead atoms. The molecule has 3 rings (SSSR count). The van der Waals surface area contributed by atoms with E-state index in [1.54, 1.807) is 24.3 Å². The lowest BCUT2D eigenvalue weighted by molar-refractivity contribution is -0.132. The van der Waals surface area contributed by atoms with Gasteiger partial charge in [0.05, 0.1) is 6.54 Å². The lowest BCUT2D eigenvalue weighted by Crippen LogP contribution is -2.43. The summed E-state index contributed by atoms with van der Waals surface area (Å²) in [6, 6.07) is 27.6. The number of Topliss-reactive ketones (excluding diaryl/α,β-unsaturated/α-hetero) is 1. The minimum absolute atomic E-state index is 0.0787. The molecular weight excluding hydrogens is 404 g/mol. The molecule has 0 saturated carbocycles. The largest absolute Gasteiger partial charge is 0.445 e. The predicted octanol–water partition coefficient (Wildman–Crippen LogP) is 4.17. The summed E-state index contributed by atoms with van der Waals surface area (Å²) >= 11 is 0. The van der Waals surface area contributed by atoms with Crippen LogP contribution in [0.15, 0.2) is 91.0 Å². The lowest BCUT2D eigenvalue weighted by atomic mass is 10.1. The fraction of sp³-hybridized carbons (Fsp3) is 0.192. The maximum Gasteiger partial charge on any atom is 0.410 e. The second-order valence-electron chi connectivity index (χ2n) is 7.42. The van der Waals surface area contributed by atoms with Crippen LogP contribution in [-0.4, -0.2) is 47.7 Å². The van der Waals surface area contributed by atoms with Crippen molar-refractivity contribution < 1.29 is 19.1 Å². The minimum Gasteiger partial charge on any atom is -0.445 e. The fourth-order valence-corrected chi connectivity index (χ4v) is 3.12. The molecule has 0 aromatic heterocycles. The first-order chi connectivity index (χ1) is 15.5. The van der Waals surface area contributed by atoms with Crippen molar-refractivity contribution >= 4 is 17.8 Å². The van der Waals surface area contributed by atoms with E-state index in [0.29, 0.717) is 5.56 Å². The van der Waals surface area contributed by atoms with Crippen LogP contribution in [0.4, 0.5) is 4.79 Å². The van der Waals surface area contributed by atoms with Gasteiger partial charge in [0.25, 0.3) is 0 Å². The van der Waals surface area contributed by atoms with E-state index in [2.05, 4.69) is 0 Å². The maximum atomic E-state index is 13.0. The van der Waals surface area contributed by atoms with Gasteiger partial charge in [-0.1, -0.05) is 91.0 Å². The Morgan fingerprint density at radius 3 is 1.84 bits per heavy atom. The molecule has 0 aliphatic heterocycles. The number of amides is 2. The molecule has 0 fully saturated rings. The molecule has 0 atom stereocenters. The first-order valence-corrected chi connectivity index (χ1v) is 10.3. The predicted molar refractivity (Wildman–Crippen MR) is 122 cm³/mol. The van der Waals surface area contributed by atoms with Crippen LogP contribution in [0.2, 0.25) is 0 Å². The van der Waals surface area contributed by atoms with Crippen molar-refractivity contribution in [2.45, 2.75) is 13.2 Å². The highest BCUT2D eigenvalue weighted by atomic mass is 16.6. The Balaban J connectivity index is 1.64. The molecule has 2 amide bonds. The van der Waals surface area contributed by atoms with Gasteiger partial charge < -0.3 is 14.5 Å². The van der Waals surface area contributed by atoms with Crippen LogP contribution in [0.1, 0.15) is 21.5 Å². The second kappa shape index (κ2) is 11.5. The van der Waals surface area contributed by atoms with Crippen LogP contribution in [-0.2, 0) is 22.7 Å². The number of ketones is 1. The molecule has 0 aliphatic rings. The minimum atomic E-state index is -0.601. The summed E-state index contributed by atoms with van der Waals surface area (Å²) in [5, 5.41) is 0. The first kappa shape index (κ1) is 22.7. The summed E-state index contributed by atoms with van der Waals surface area (Å²) in [4.78, 5) is 40.8. The standard InChI is InChI=1S/C26H26N2O4/c1-27(26(31)32-20-22-13-7-3-8-14-22)19-25(30)28(17-21-11-5-2-6-12-21)18-24(29)23-15-9-4-10-16-23/h2-16H,17-20H2,1H3. The average Bonchev–Trinajstić information content (AvgIpc) is 2.83. The van der Waals surface area contributed by atoms with Gasteiger partial charge in [-0.25, -0.2) is 4.79 Å². The van der Waals surface area contributed by atoms with E-state index >= 15 is 0 Å². The molecule has 0 aliphatic carbocycles. The SMILES string of the molecule is CN(CC(=O)N(CC(=O)c1ccccc1)Cc1ccccc1)C(=O)OCc1ccccc1. The summed E-state index contributed by atoms with van der Waals surface area (Å²) in [7, 11) is 1.50. The third kappa shape index (κ3) is 6.80. The van der Waals surface area contributed by atoms with E-state index in [1.807, 2.05) is 66.7 Å². The summed E-state index contributed by atoms with van der Waals surface area (Å²) < 4.78 is 5.29. The van der Waals surface area contributed by atoms with Crippen LogP contribution in [0, 0.1) is 0 Å². The smallest absolute Gasteiger partial charge is 0.410 e. The number of hydrogen-bond donors (Lipinski definition) is 0. The van der Waals surface area contributed by atoms with Crippen LogP contribution in [0.5, 0.6) is 0 Å². The van der Waals surface area contributed by atoms with E-state index in [0.717, 1.165) is 11.1 Å². The molecule has 3 aromatic rings. The first-order valence-electron chi connectivity index (χ1n) is 10.3. The van der Waals surface area contributed by atoms with Gasteiger partial charge in [0, 0.05) is 19.2 Å². The van der Waals surface area contributed by atoms with Gasteiger partial charge in [-0.15, -0.1) is 0 Å². The molecule has 0 N–H and O–H groups in total. The number of nitrogens with zero attached hydrogens (tertiary/aromatic N) is 2. The highest BCUT2D eigenvalue weighted by Gasteiger charge is 2.22. The number of carbonyl (C=O) groups is 3. The Morgan fingerprint density at radius 2 is 1.25 bits per heavy atom. The fourth-order valence-electron chi connectivity index (χ4n) is 3.12. The Morgan fingerprint density at radius 1 is 0.719 bits per heavy atom.